The monoisotopic (exact) mass is 113 g/mol. The summed E-state index contributed by atoms with van der Waals surface area (Å²) in [4.78, 5) is 0. The molecule has 0 aromatic carbocycles. The first kappa shape index (κ1) is 4.80. The molecule has 0 bridgehead atoms. The van der Waals surface area contributed by atoms with Crippen molar-refractivity contribution in [2.24, 2.45) is 0 Å². The molecule has 25 valence electrons. The third-order valence-corrected chi connectivity index (χ3v) is 0. The molecule has 0 heterocycles. The molecule has 0 saturated heterocycles. The first-order chi connectivity index (χ1) is 1.73. The molecule has 0 fully saturated rings. The van der Waals surface area contributed by atoms with Crippen molar-refractivity contribution in [1.82, 2.24) is 0 Å². The quantitative estimate of drug-likeness (QED) is 0.331. The average molecular weight is 114 g/mol. The van der Waals surface area contributed by atoms with E-state index in [1.807, 2.05) is 0 Å². The lowest BCUT2D eigenvalue weighted by Gasteiger charge is -1.66. The largest absolute Gasteiger partial charge is 0.270 e. The Morgan fingerprint density at radius 3 is 1.50 bits per heavy atom. The highest BCUT2D eigenvalue weighted by Crippen LogP contribution is 1.89. The van der Waals surface area contributed by atoms with Gasteiger partial charge in [-0.2, -0.15) is 0 Å². The van der Waals surface area contributed by atoms with Crippen LogP contribution in [0.25, 0.3) is 0 Å². The molecule has 4 heavy (non-hydrogen) atoms. The van der Waals surface area contributed by atoms with Crippen molar-refractivity contribution in [3.05, 3.63) is 0 Å². The molecule has 0 aliphatic heterocycles. The molecule has 0 aliphatic carbocycles. The summed E-state index contributed by atoms with van der Waals surface area (Å²) in [6.07, 6.45) is 0. The van der Waals surface area contributed by atoms with Crippen molar-refractivity contribution >= 4 is 29.6 Å². The molecule has 3 heteroatoms. The van der Waals surface area contributed by atoms with Gasteiger partial charge in [-0.3, -0.25) is 0 Å². The number of rotatable bonds is 0. The predicted octanol–water partition coefficient (Wildman–Crippen LogP) is 1.58. The number of hydrogen-bond acceptors (Lipinski definition) is 0. The van der Waals surface area contributed by atoms with Crippen molar-refractivity contribution < 1.29 is 0 Å². The first-order valence-corrected chi connectivity index (χ1v) is 4.90. The minimum absolute atomic E-state index is 0.935. The maximum Gasteiger partial charge on any atom is 0.270 e. The fourth-order valence-electron chi connectivity index (χ4n) is 0. The topological polar surface area (TPSA) is 0 Å². The van der Waals surface area contributed by atoms with Gasteiger partial charge in [-0.1, -0.05) is 0 Å². The van der Waals surface area contributed by atoms with Crippen LogP contribution in [0.3, 0.4) is 0 Å². The van der Waals surface area contributed by atoms with E-state index in [9.17, 15) is 0 Å². The van der Waals surface area contributed by atoms with Crippen LogP contribution in [-0.4, -0.2) is 7.42 Å². The van der Waals surface area contributed by atoms with Gasteiger partial charge in [0, 0.05) is 0 Å². The van der Waals surface area contributed by atoms with E-state index < -0.39 is 7.42 Å². The Balaban J connectivity index is 2.32. The van der Waals surface area contributed by atoms with Crippen molar-refractivity contribution in [3.8, 4) is 0 Å². The maximum atomic E-state index is 5.14. The molecular weight excluding hydrogens is 111 g/mol. The predicted molar refractivity (Wildman–Crippen MR) is 23.3 cm³/mol. The van der Waals surface area contributed by atoms with E-state index in [0.29, 0.717) is 0 Å². The van der Waals surface area contributed by atoms with Gasteiger partial charge >= 0.3 is 0 Å². The van der Waals surface area contributed by atoms with E-state index >= 15 is 0 Å². The molecule has 1 radical (unpaired) electrons. The van der Waals surface area contributed by atoms with Crippen LogP contribution in [0.5, 0.6) is 0 Å². The highest BCUT2D eigenvalue weighted by Gasteiger charge is 1.82. The minimum Gasteiger partial charge on any atom is -0.147 e. The van der Waals surface area contributed by atoms with Crippen LogP contribution in [0.1, 0.15) is 0 Å². The molecule has 0 atom stereocenters. The van der Waals surface area contributed by atoms with E-state index in [-0.39, 0.29) is 0 Å². The Hall–Kier alpha value is 0.797. The lowest BCUT2D eigenvalue weighted by atomic mass is 11.9. The zero-order valence-corrected chi connectivity index (χ0v) is 4.77. The van der Waals surface area contributed by atoms with Gasteiger partial charge in [-0.25, -0.2) is 0 Å². The highest BCUT2D eigenvalue weighted by atomic mass is 35.7. The Kier molecular flexibility index (Phi) is 2.47. The fraction of sp³-hybridized carbons (Fsp3) is 1.00. The zero-order valence-electron chi connectivity index (χ0n) is 2.26. The van der Waals surface area contributed by atoms with Gasteiger partial charge in [0.1, 0.15) is 0 Å². The Bertz CT molecular complexity index is 10.8. The highest BCUT2D eigenvalue weighted by molar-refractivity contribution is 7.33. The third-order valence-electron chi connectivity index (χ3n) is 0. The summed E-state index contributed by atoms with van der Waals surface area (Å²) >= 11 is 10.3. The van der Waals surface area contributed by atoms with E-state index in [0.717, 1.165) is 0 Å². The van der Waals surface area contributed by atoms with Crippen molar-refractivity contribution in [3.63, 3.8) is 0 Å². The molecule has 0 rings (SSSR count). The second-order valence-corrected chi connectivity index (χ2v) is 5.33. The van der Waals surface area contributed by atoms with E-state index in [4.69, 9.17) is 22.2 Å². The Labute approximate surface area is 36.7 Å². The van der Waals surface area contributed by atoms with Gasteiger partial charge in [0.2, 0.25) is 0 Å². The molecule has 0 N–H and O–H groups in total. The Morgan fingerprint density at radius 1 is 1.50 bits per heavy atom. The van der Waals surface area contributed by atoms with Crippen molar-refractivity contribution in [2.45, 2.75) is 6.55 Å². The normalized spacial score (nSPS) is 9.00. The van der Waals surface area contributed by atoms with Crippen molar-refractivity contribution in [1.29, 1.82) is 0 Å². The van der Waals surface area contributed by atoms with Crippen LogP contribution >= 0.6 is 22.2 Å². The Morgan fingerprint density at radius 2 is 1.50 bits per heavy atom. The van der Waals surface area contributed by atoms with E-state index in [1.165, 1.54) is 0 Å². The van der Waals surface area contributed by atoms with Crippen LogP contribution in [-0.2, 0) is 0 Å². The molecule has 0 amide bonds. The molecule has 0 aromatic heterocycles. The zero-order chi connectivity index (χ0) is 3.58. The SMILES string of the molecule is C[Si](Cl)Cl. The molecule has 0 nitrogen and oxygen atoms in total. The van der Waals surface area contributed by atoms with Crippen molar-refractivity contribution in [2.75, 3.05) is 0 Å². The second kappa shape index (κ2) is 2.06. The molecule has 0 saturated carbocycles. The fourth-order valence-corrected chi connectivity index (χ4v) is 0. The van der Waals surface area contributed by atoms with Gasteiger partial charge in [-0.05, 0) is 6.55 Å². The summed E-state index contributed by atoms with van der Waals surface area (Å²) in [6.45, 7) is 1.80. The molecule has 0 aliphatic rings. The van der Waals surface area contributed by atoms with Gasteiger partial charge in [0.05, 0.1) is 0 Å². The average Bonchev–Trinajstić information content (AvgIpc) is 0.811. The van der Waals surface area contributed by atoms with Crippen LogP contribution in [0.15, 0.2) is 0 Å². The van der Waals surface area contributed by atoms with Gasteiger partial charge in [0.15, 0.2) is 0 Å². The molecule has 0 unspecified atom stereocenters. The minimum atomic E-state index is -0.935. The lowest BCUT2D eigenvalue weighted by Crippen LogP contribution is -1.72. The summed E-state index contributed by atoms with van der Waals surface area (Å²) in [5.41, 5.74) is 0. The van der Waals surface area contributed by atoms with Gasteiger partial charge in [-0.15, -0.1) is 22.2 Å². The standard InChI is InChI=1S/CH3Cl2Si/c1-4(2)3/h1H3. The summed E-state index contributed by atoms with van der Waals surface area (Å²) in [5, 5.41) is 0. The van der Waals surface area contributed by atoms with Crippen LogP contribution in [0, 0.1) is 0 Å². The lowest BCUT2D eigenvalue weighted by molar-refractivity contribution is 2.34. The summed E-state index contributed by atoms with van der Waals surface area (Å²) in [7, 11) is -0.935. The van der Waals surface area contributed by atoms with Gasteiger partial charge in [0.25, 0.3) is 7.42 Å². The van der Waals surface area contributed by atoms with Gasteiger partial charge < -0.3 is 0 Å². The van der Waals surface area contributed by atoms with Crippen LogP contribution in [0.2, 0.25) is 6.55 Å². The van der Waals surface area contributed by atoms with Crippen LogP contribution < -0.4 is 0 Å². The second-order valence-electron chi connectivity index (χ2n) is 0.449. The van der Waals surface area contributed by atoms with Crippen LogP contribution in [0.4, 0.5) is 0 Å². The molecular formula is CH3Cl2Si. The first-order valence-electron chi connectivity index (χ1n) is 0.878. The smallest absolute Gasteiger partial charge is 0.147 e. The van der Waals surface area contributed by atoms with E-state index in [1.54, 1.807) is 6.55 Å². The number of halogens is 2. The molecule has 0 spiro atoms. The summed E-state index contributed by atoms with van der Waals surface area (Å²) < 4.78 is 0. The van der Waals surface area contributed by atoms with E-state index in [2.05, 4.69) is 0 Å². The summed E-state index contributed by atoms with van der Waals surface area (Å²) in [6, 6.07) is 0. The number of hydrogen-bond donors (Lipinski definition) is 0. The maximum absolute atomic E-state index is 5.14. The summed E-state index contributed by atoms with van der Waals surface area (Å²) in [5.74, 6) is 0. The molecule has 0 aromatic rings. The third kappa shape index (κ3) is 14.2.